The van der Waals surface area contributed by atoms with Crippen molar-refractivity contribution in [1.82, 2.24) is 9.88 Å². The van der Waals surface area contributed by atoms with E-state index in [2.05, 4.69) is 5.32 Å². The van der Waals surface area contributed by atoms with E-state index in [1.54, 1.807) is 11.7 Å². The number of nitrogens with one attached hydrogen (secondary N) is 1. The Morgan fingerprint density at radius 3 is 2.61 bits per heavy atom. The second-order valence-electron chi connectivity index (χ2n) is 6.52. The maximum atomic E-state index is 12.8. The molecular weight excluding hydrogens is 292 g/mol. The summed E-state index contributed by atoms with van der Waals surface area (Å²) in [4.78, 5) is 25.2. The first kappa shape index (κ1) is 17.7. The second kappa shape index (κ2) is 8.29. The molecule has 0 aromatic carbocycles. The summed E-state index contributed by atoms with van der Waals surface area (Å²) in [7, 11) is 1.63. The van der Waals surface area contributed by atoms with Gasteiger partial charge < -0.3 is 14.6 Å². The minimum absolute atomic E-state index is 0.0105. The standard InChI is InChI=1S/C18H28N2O3/c1-13(2)19-17(21)15-12-14-8-6-4-5-7-9-16(14)20(18(15)22)10-11-23-3/h12-13H,4-11H2,1-3H3,(H,19,21). The Bertz CT molecular complexity index is 605. The number of carbonyl (C=O) groups excluding carboxylic acids is 1. The van der Waals surface area contributed by atoms with E-state index in [9.17, 15) is 9.59 Å². The van der Waals surface area contributed by atoms with Crippen molar-refractivity contribution in [2.45, 2.75) is 65.0 Å². The van der Waals surface area contributed by atoms with E-state index in [0.717, 1.165) is 36.9 Å². The molecule has 2 rings (SSSR count). The van der Waals surface area contributed by atoms with Crippen molar-refractivity contribution in [3.05, 3.63) is 33.2 Å². The van der Waals surface area contributed by atoms with Crippen molar-refractivity contribution >= 4 is 5.91 Å². The molecule has 0 spiro atoms. The summed E-state index contributed by atoms with van der Waals surface area (Å²) in [5.41, 5.74) is 2.30. The van der Waals surface area contributed by atoms with Gasteiger partial charge in [0.25, 0.3) is 11.5 Å². The molecule has 1 aromatic heterocycles. The minimum Gasteiger partial charge on any atom is -0.383 e. The molecule has 1 aliphatic carbocycles. The first-order chi connectivity index (χ1) is 11.0. The van der Waals surface area contributed by atoms with Crippen molar-refractivity contribution in [2.24, 2.45) is 0 Å². The van der Waals surface area contributed by atoms with E-state index >= 15 is 0 Å². The topological polar surface area (TPSA) is 60.3 Å². The fraction of sp³-hybridized carbons (Fsp3) is 0.667. The molecule has 23 heavy (non-hydrogen) atoms. The summed E-state index contributed by atoms with van der Waals surface area (Å²) in [6, 6.07) is 1.83. The molecular formula is C18H28N2O3. The predicted octanol–water partition coefficient (Wildman–Crippen LogP) is 2.29. The zero-order valence-corrected chi connectivity index (χ0v) is 14.5. The third-order valence-corrected chi connectivity index (χ3v) is 4.28. The molecule has 128 valence electrons. The smallest absolute Gasteiger partial charge is 0.263 e. The molecule has 0 fully saturated rings. The molecule has 0 radical (unpaired) electrons. The molecule has 0 atom stereocenters. The molecule has 0 saturated heterocycles. The molecule has 1 aromatic rings. The maximum absolute atomic E-state index is 12.8. The average molecular weight is 320 g/mol. The number of aromatic nitrogens is 1. The highest BCUT2D eigenvalue weighted by Crippen LogP contribution is 2.20. The zero-order chi connectivity index (χ0) is 16.8. The second-order valence-corrected chi connectivity index (χ2v) is 6.52. The molecule has 0 unspecified atom stereocenters. The molecule has 5 nitrogen and oxygen atoms in total. The monoisotopic (exact) mass is 320 g/mol. The van der Waals surface area contributed by atoms with E-state index in [1.165, 1.54) is 12.8 Å². The molecule has 0 aliphatic heterocycles. The number of pyridine rings is 1. The SMILES string of the molecule is COCCn1c2c(cc(C(=O)NC(C)C)c1=O)CCCCCC2. The van der Waals surface area contributed by atoms with Crippen molar-refractivity contribution in [3.63, 3.8) is 0 Å². The molecule has 1 aliphatic rings. The summed E-state index contributed by atoms with van der Waals surface area (Å²) < 4.78 is 6.92. The number of aryl methyl sites for hydroxylation is 1. The van der Waals surface area contributed by atoms with Gasteiger partial charge >= 0.3 is 0 Å². The number of ether oxygens (including phenoxy) is 1. The van der Waals surface area contributed by atoms with Gasteiger partial charge in [-0.15, -0.1) is 0 Å². The first-order valence-electron chi connectivity index (χ1n) is 8.60. The Morgan fingerprint density at radius 2 is 1.96 bits per heavy atom. The van der Waals surface area contributed by atoms with Crippen LogP contribution in [-0.2, 0) is 24.1 Å². The third kappa shape index (κ3) is 4.44. The van der Waals surface area contributed by atoms with E-state index in [-0.39, 0.29) is 23.1 Å². The van der Waals surface area contributed by atoms with Gasteiger partial charge in [-0.05, 0) is 51.2 Å². The summed E-state index contributed by atoms with van der Waals surface area (Å²) in [6.45, 7) is 4.77. The lowest BCUT2D eigenvalue weighted by atomic mass is 9.95. The van der Waals surface area contributed by atoms with Crippen molar-refractivity contribution in [3.8, 4) is 0 Å². The van der Waals surface area contributed by atoms with Crippen LogP contribution in [0, 0.1) is 0 Å². The van der Waals surface area contributed by atoms with Crippen LogP contribution in [0.4, 0.5) is 0 Å². The van der Waals surface area contributed by atoms with Crippen LogP contribution in [0.25, 0.3) is 0 Å². The van der Waals surface area contributed by atoms with E-state index in [1.807, 2.05) is 19.9 Å². The quantitative estimate of drug-likeness (QED) is 0.905. The molecule has 0 saturated carbocycles. The van der Waals surface area contributed by atoms with Gasteiger partial charge in [-0.1, -0.05) is 12.8 Å². The zero-order valence-electron chi connectivity index (χ0n) is 14.5. The first-order valence-corrected chi connectivity index (χ1v) is 8.60. The summed E-state index contributed by atoms with van der Waals surface area (Å²) in [6.07, 6.45) is 6.46. The van der Waals surface area contributed by atoms with Crippen molar-refractivity contribution < 1.29 is 9.53 Å². The van der Waals surface area contributed by atoms with Crippen LogP contribution in [0.5, 0.6) is 0 Å². The number of rotatable bonds is 5. The van der Waals surface area contributed by atoms with Crippen molar-refractivity contribution in [2.75, 3.05) is 13.7 Å². The van der Waals surface area contributed by atoms with Gasteiger partial charge in [0.05, 0.1) is 6.61 Å². The highest BCUT2D eigenvalue weighted by atomic mass is 16.5. The largest absolute Gasteiger partial charge is 0.383 e. The Balaban J connectivity index is 2.49. The van der Waals surface area contributed by atoms with Crippen molar-refractivity contribution in [1.29, 1.82) is 0 Å². The van der Waals surface area contributed by atoms with E-state index < -0.39 is 0 Å². The normalized spacial score (nSPS) is 15.0. The van der Waals surface area contributed by atoms with Gasteiger partial charge in [-0.3, -0.25) is 9.59 Å². The summed E-state index contributed by atoms with van der Waals surface area (Å²) in [5.74, 6) is -0.277. The Hall–Kier alpha value is -1.62. The number of nitrogens with zero attached hydrogens (tertiary/aromatic N) is 1. The van der Waals surface area contributed by atoms with E-state index in [0.29, 0.717) is 13.2 Å². The lowest BCUT2D eigenvalue weighted by molar-refractivity contribution is 0.0940. The van der Waals surface area contributed by atoms with Gasteiger partial charge in [-0.25, -0.2) is 0 Å². The molecule has 0 bridgehead atoms. The number of amides is 1. The number of fused-ring (bicyclic) bond motifs is 1. The Kier molecular flexibility index (Phi) is 6.39. The van der Waals surface area contributed by atoms with Crippen LogP contribution < -0.4 is 10.9 Å². The van der Waals surface area contributed by atoms with Crippen LogP contribution in [0.3, 0.4) is 0 Å². The summed E-state index contributed by atoms with van der Waals surface area (Å²) in [5, 5.41) is 2.83. The van der Waals surface area contributed by atoms with Crippen LogP contribution >= 0.6 is 0 Å². The van der Waals surface area contributed by atoms with Gasteiger partial charge in [0.15, 0.2) is 0 Å². The number of hydrogen-bond acceptors (Lipinski definition) is 3. The number of hydrogen-bond donors (Lipinski definition) is 1. The fourth-order valence-electron chi connectivity index (χ4n) is 3.16. The predicted molar refractivity (Wildman–Crippen MR) is 91.1 cm³/mol. The molecule has 1 heterocycles. The molecule has 1 amide bonds. The van der Waals surface area contributed by atoms with Crippen LogP contribution in [0.15, 0.2) is 10.9 Å². The third-order valence-electron chi connectivity index (χ3n) is 4.28. The fourth-order valence-corrected chi connectivity index (χ4v) is 3.16. The average Bonchev–Trinajstić information content (AvgIpc) is 2.46. The van der Waals surface area contributed by atoms with Crippen LogP contribution in [0.2, 0.25) is 0 Å². The Labute approximate surface area is 138 Å². The highest BCUT2D eigenvalue weighted by Gasteiger charge is 2.20. The van der Waals surface area contributed by atoms with E-state index in [4.69, 9.17) is 4.74 Å². The van der Waals surface area contributed by atoms with Gasteiger partial charge in [0.2, 0.25) is 0 Å². The minimum atomic E-state index is -0.277. The summed E-state index contributed by atoms with van der Waals surface area (Å²) >= 11 is 0. The lowest BCUT2D eigenvalue weighted by Crippen LogP contribution is -2.38. The van der Waals surface area contributed by atoms with Gasteiger partial charge in [0.1, 0.15) is 5.56 Å². The maximum Gasteiger partial charge on any atom is 0.263 e. The van der Waals surface area contributed by atoms with Crippen LogP contribution in [0.1, 0.15) is 61.1 Å². The Morgan fingerprint density at radius 1 is 1.26 bits per heavy atom. The lowest BCUT2D eigenvalue weighted by Gasteiger charge is -2.21. The number of methoxy groups -OCH3 is 1. The molecule has 1 N–H and O–H groups in total. The van der Waals surface area contributed by atoms with Gasteiger partial charge in [-0.2, -0.15) is 0 Å². The highest BCUT2D eigenvalue weighted by molar-refractivity contribution is 5.94. The van der Waals surface area contributed by atoms with Crippen LogP contribution in [-0.4, -0.2) is 30.2 Å². The van der Waals surface area contributed by atoms with Gasteiger partial charge in [0, 0.05) is 25.4 Å². The molecule has 5 heteroatoms. The number of carbonyl (C=O) groups is 1.